The van der Waals surface area contributed by atoms with Crippen LogP contribution in [0, 0.1) is 0 Å². The van der Waals surface area contributed by atoms with Crippen LogP contribution in [0.25, 0.3) is 17.4 Å². The number of benzene rings is 1. The van der Waals surface area contributed by atoms with Gasteiger partial charge in [-0.3, -0.25) is 9.69 Å². The van der Waals surface area contributed by atoms with Crippen molar-refractivity contribution in [2.45, 2.75) is 18.6 Å². The highest BCUT2D eigenvalue weighted by Gasteiger charge is 2.40. The number of hydrogen-bond acceptors (Lipinski definition) is 6. The minimum absolute atomic E-state index is 0.134. The predicted octanol–water partition coefficient (Wildman–Crippen LogP) is 5.37. The van der Waals surface area contributed by atoms with Gasteiger partial charge < -0.3 is 9.52 Å². The van der Waals surface area contributed by atoms with Crippen LogP contribution in [-0.2, 0) is 15.8 Å². The number of alkyl halides is 3. The van der Waals surface area contributed by atoms with Crippen molar-refractivity contribution < 1.29 is 32.3 Å². The molecule has 0 unspecified atom stereocenters. The number of rotatable bonds is 7. The van der Waals surface area contributed by atoms with Gasteiger partial charge in [0.15, 0.2) is 0 Å². The predicted molar refractivity (Wildman–Crippen MR) is 119 cm³/mol. The molecule has 2 aromatic rings. The Labute approximate surface area is 189 Å². The van der Waals surface area contributed by atoms with Crippen LogP contribution < -0.4 is 0 Å². The van der Waals surface area contributed by atoms with Crippen molar-refractivity contribution in [1.82, 2.24) is 4.90 Å². The lowest BCUT2D eigenvalue weighted by Crippen LogP contribution is -2.44. The first kappa shape index (κ1) is 23.4. The average Bonchev–Trinajstić information content (AvgIpc) is 3.27. The molecule has 5 nitrogen and oxygen atoms in total. The Morgan fingerprint density at radius 1 is 1.35 bits per heavy atom. The number of aliphatic carboxylic acids is 1. The number of hydrogen-bond donors (Lipinski definition) is 1. The molecule has 0 radical (unpaired) electrons. The minimum Gasteiger partial charge on any atom is -0.480 e. The van der Waals surface area contributed by atoms with Gasteiger partial charge in [-0.15, -0.1) is 0 Å². The van der Waals surface area contributed by atoms with E-state index in [2.05, 4.69) is 0 Å². The number of carboxylic acid groups (broad SMARTS) is 1. The zero-order valence-electron chi connectivity index (χ0n) is 16.0. The fourth-order valence-electron chi connectivity index (χ4n) is 2.90. The Morgan fingerprint density at radius 3 is 2.74 bits per heavy atom. The van der Waals surface area contributed by atoms with Crippen LogP contribution in [0.2, 0.25) is 0 Å². The van der Waals surface area contributed by atoms with Gasteiger partial charge in [-0.2, -0.15) is 24.9 Å². The molecule has 1 atom stereocenters. The molecule has 11 heteroatoms. The Bertz CT molecular complexity index is 1050. The quantitative estimate of drug-likeness (QED) is 0.416. The van der Waals surface area contributed by atoms with Crippen molar-refractivity contribution in [2.24, 2.45) is 0 Å². The fraction of sp³-hybridized carbons (Fsp3) is 0.250. The average molecular weight is 488 g/mol. The fourth-order valence-corrected chi connectivity index (χ4v) is 4.70. The number of carbonyl (C=O) groups is 2. The molecule has 1 aromatic carbocycles. The van der Waals surface area contributed by atoms with E-state index >= 15 is 0 Å². The summed E-state index contributed by atoms with van der Waals surface area (Å²) >= 11 is 7.63. The highest BCUT2D eigenvalue weighted by atomic mass is 32.2. The maximum absolute atomic E-state index is 12.9. The summed E-state index contributed by atoms with van der Waals surface area (Å²) in [6.45, 7) is 0. The van der Waals surface area contributed by atoms with E-state index in [1.54, 1.807) is 0 Å². The molecule has 0 saturated carbocycles. The van der Waals surface area contributed by atoms with Gasteiger partial charge >= 0.3 is 12.1 Å². The normalized spacial score (nSPS) is 16.9. The second kappa shape index (κ2) is 9.49. The number of thiocarbonyl (C=S) groups is 1. The summed E-state index contributed by atoms with van der Waals surface area (Å²) in [7, 11) is 0. The Hall–Kier alpha value is -2.24. The van der Waals surface area contributed by atoms with Crippen LogP contribution in [-0.4, -0.2) is 44.3 Å². The zero-order chi connectivity index (χ0) is 22.8. The number of carbonyl (C=O) groups excluding carboxylic acids is 1. The molecule has 0 bridgehead atoms. The SMILES string of the molecule is CSCC[C@@H](C(=O)O)N1C(=O)/C(=C/c2ccc(-c3cccc(C(F)(F)F)c3)o2)SC1=S. The van der Waals surface area contributed by atoms with E-state index in [4.69, 9.17) is 16.6 Å². The van der Waals surface area contributed by atoms with E-state index in [-0.39, 0.29) is 32.7 Å². The lowest BCUT2D eigenvalue weighted by molar-refractivity contribution is -0.145. The molecule has 31 heavy (non-hydrogen) atoms. The molecule has 1 aliphatic heterocycles. The van der Waals surface area contributed by atoms with E-state index in [0.717, 1.165) is 28.8 Å². The molecule has 0 aliphatic carbocycles. The molecule has 164 valence electrons. The third-order valence-electron chi connectivity index (χ3n) is 4.39. The summed E-state index contributed by atoms with van der Waals surface area (Å²) in [4.78, 5) is 25.7. The monoisotopic (exact) mass is 487 g/mol. The van der Waals surface area contributed by atoms with Gasteiger partial charge in [-0.1, -0.05) is 36.1 Å². The van der Waals surface area contributed by atoms with Gasteiger partial charge in [0.2, 0.25) is 0 Å². The first-order valence-corrected chi connectivity index (χ1v) is 11.5. The van der Waals surface area contributed by atoms with E-state index in [1.807, 2.05) is 6.26 Å². The Kier molecular flexibility index (Phi) is 7.17. The number of nitrogens with zero attached hydrogens (tertiary/aromatic N) is 1. The van der Waals surface area contributed by atoms with E-state index in [0.29, 0.717) is 5.75 Å². The largest absolute Gasteiger partial charge is 0.480 e. The van der Waals surface area contributed by atoms with Gasteiger partial charge in [0.1, 0.15) is 21.9 Å². The van der Waals surface area contributed by atoms with E-state index in [9.17, 15) is 27.9 Å². The molecule has 1 saturated heterocycles. The Morgan fingerprint density at radius 2 is 2.10 bits per heavy atom. The molecule has 1 fully saturated rings. The van der Waals surface area contributed by atoms with Gasteiger partial charge in [-0.25, -0.2) is 4.79 Å². The minimum atomic E-state index is -4.48. The summed E-state index contributed by atoms with van der Waals surface area (Å²) in [5.74, 6) is -0.692. The van der Waals surface area contributed by atoms with Crippen LogP contribution >= 0.6 is 35.7 Å². The van der Waals surface area contributed by atoms with Gasteiger partial charge in [0.25, 0.3) is 5.91 Å². The number of halogens is 3. The standard InChI is InChI=1S/C20H16F3NO4S3/c1-30-8-7-14(18(26)27)24-17(25)16(31-19(24)29)10-13-5-6-15(28-13)11-3-2-4-12(9-11)20(21,22)23/h2-6,9-10,14H,7-8H2,1H3,(H,26,27)/b16-10-/t14-/m0/s1. The van der Waals surface area contributed by atoms with E-state index in [1.165, 1.54) is 42.1 Å². The number of thioether (sulfide) groups is 2. The zero-order valence-corrected chi connectivity index (χ0v) is 18.5. The molecule has 0 spiro atoms. The van der Waals surface area contributed by atoms with Crippen molar-refractivity contribution >= 4 is 58.0 Å². The molecule has 1 aromatic heterocycles. The molecule has 2 heterocycles. The first-order chi connectivity index (χ1) is 14.6. The topological polar surface area (TPSA) is 70.8 Å². The maximum Gasteiger partial charge on any atom is 0.416 e. The van der Waals surface area contributed by atoms with Crippen LogP contribution in [0.4, 0.5) is 13.2 Å². The van der Waals surface area contributed by atoms with Crippen molar-refractivity contribution in [1.29, 1.82) is 0 Å². The van der Waals surface area contributed by atoms with Crippen LogP contribution in [0.5, 0.6) is 0 Å². The lowest BCUT2D eigenvalue weighted by atomic mass is 10.1. The summed E-state index contributed by atoms with van der Waals surface area (Å²) < 4.78 is 44.5. The van der Waals surface area contributed by atoms with Gasteiger partial charge in [0.05, 0.1) is 10.5 Å². The van der Waals surface area contributed by atoms with Crippen molar-refractivity contribution in [3.8, 4) is 11.3 Å². The number of amides is 1. The molecular weight excluding hydrogens is 471 g/mol. The maximum atomic E-state index is 12.9. The van der Waals surface area contributed by atoms with Crippen molar-refractivity contribution in [2.75, 3.05) is 12.0 Å². The first-order valence-electron chi connectivity index (χ1n) is 8.88. The highest BCUT2D eigenvalue weighted by Crippen LogP contribution is 2.36. The molecule has 3 rings (SSSR count). The van der Waals surface area contributed by atoms with Crippen LogP contribution in [0.15, 0.2) is 45.7 Å². The summed E-state index contributed by atoms with van der Waals surface area (Å²) in [6, 6.07) is 6.67. The third-order valence-corrected chi connectivity index (χ3v) is 6.36. The summed E-state index contributed by atoms with van der Waals surface area (Å²) in [5, 5.41) is 9.49. The highest BCUT2D eigenvalue weighted by molar-refractivity contribution is 8.26. The van der Waals surface area contributed by atoms with Crippen LogP contribution in [0.1, 0.15) is 17.7 Å². The summed E-state index contributed by atoms with van der Waals surface area (Å²) in [5.41, 5.74) is -0.557. The van der Waals surface area contributed by atoms with E-state index < -0.39 is 29.7 Å². The smallest absolute Gasteiger partial charge is 0.416 e. The van der Waals surface area contributed by atoms with Gasteiger partial charge in [-0.05, 0) is 42.7 Å². The molecule has 1 amide bonds. The lowest BCUT2D eigenvalue weighted by Gasteiger charge is -2.22. The molecular formula is C20H16F3NO4S3. The number of furan rings is 1. The Balaban J connectivity index is 1.84. The molecule has 1 aliphatic rings. The van der Waals surface area contributed by atoms with Crippen molar-refractivity contribution in [3.63, 3.8) is 0 Å². The summed E-state index contributed by atoms with van der Waals surface area (Å²) in [6.07, 6.45) is -0.987. The van der Waals surface area contributed by atoms with Gasteiger partial charge in [0, 0.05) is 11.6 Å². The molecule has 1 N–H and O–H groups in total. The second-order valence-corrected chi connectivity index (χ2v) is 9.13. The third kappa shape index (κ3) is 5.34. The van der Waals surface area contributed by atoms with Crippen molar-refractivity contribution in [3.05, 3.63) is 52.6 Å². The number of carboxylic acids is 1. The van der Waals surface area contributed by atoms with Crippen LogP contribution in [0.3, 0.4) is 0 Å². The second-order valence-electron chi connectivity index (χ2n) is 6.47.